The number of hydrogen-bond donors (Lipinski definition) is 0. The van der Waals surface area contributed by atoms with Crippen molar-refractivity contribution in [3.05, 3.63) is 23.5 Å². The van der Waals surface area contributed by atoms with Crippen molar-refractivity contribution in [2.45, 2.75) is 71.7 Å². The van der Waals surface area contributed by atoms with Crippen LogP contribution in [0.4, 0.5) is 20.6 Å². The molecule has 1 aliphatic heterocycles. The molecule has 1 aliphatic rings. The van der Waals surface area contributed by atoms with Gasteiger partial charge >= 0.3 is 6.09 Å². The van der Waals surface area contributed by atoms with Crippen LogP contribution in [0.15, 0.2) is 12.1 Å². The van der Waals surface area contributed by atoms with E-state index in [1.165, 1.54) is 21.9 Å². The van der Waals surface area contributed by atoms with Gasteiger partial charge < -0.3 is 14.0 Å². The maximum atomic E-state index is 14.7. The fourth-order valence-corrected chi connectivity index (χ4v) is 3.77. The highest BCUT2D eigenvalue weighted by Gasteiger charge is 2.41. The number of carbonyl (C=O) groups is 3. The van der Waals surface area contributed by atoms with Crippen molar-refractivity contribution in [2.75, 3.05) is 23.1 Å². The summed E-state index contributed by atoms with van der Waals surface area (Å²) in [4.78, 5) is 39.6. The molecule has 172 valence electrons. The average molecular weight is 453 g/mol. The maximum Gasteiger partial charge on any atom is 0.415 e. The van der Waals surface area contributed by atoms with E-state index < -0.39 is 31.7 Å². The Balaban J connectivity index is 2.54. The molecule has 1 heterocycles. The molecule has 0 saturated heterocycles. The summed E-state index contributed by atoms with van der Waals surface area (Å²) in [7, 11) is -2.22. The maximum absolute atomic E-state index is 14.7. The van der Waals surface area contributed by atoms with Crippen molar-refractivity contribution in [3.8, 4) is 0 Å². The molecule has 2 rings (SSSR count). The molecule has 0 spiro atoms. The fourth-order valence-electron chi connectivity index (χ4n) is 2.89. The molecule has 9 heteroatoms. The first-order valence-corrected chi connectivity index (χ1v) is 13.2. The molecule has 0 bridgehead atoms. The van der Waals surface area contributed by atoms with Gasteiger partial charge in [0.05, 0.1) is 11.4 Å². The predicted molar refractivity (Wildman–Crippen MR) is 120 cm³/mol. The van der Waals surface area contributed by atoms with Gasteiger partial charge in [-0.2, -0.15) is 0 Å². The normalized spacial score (nSPS) is 15.1. The molecule has 0 aromatic heterocycles. The van der Waals surface area contributed by atoms with Gasteiger partial charge in [-0.15, -0.1) is 0 Å². The van der Waals surface area contributed by atoms with E-state index in [-0.39, 0.29) is 36.0 Å². The van der Waals surface area contributed by atoms with Gasteiger partial charge in [0.25, 0.3) is 0 Å². The lowest BCUT2D eigenvalue weighted by Crippen LogP contribution is -2.52. The van der Waals surface area contributed by atoms with E-state index in [4.69, 9.17) is 9.16 Å². The third-order valence-corrected chi connectivity index (χ3v) is 10.1. The molecule has 0 atom stereocenters. The molecule has 31 heavy (non-hydrogen) atoms. The quantitative estimate of drug-likeness (QED) is 0.481. The number of amides is 2. The predicted octanol–water partition coefficient (Wildman–Crippen LogP) is 4.63. The summed E-state index contributed by atoms with van der Waals surface area (Å²) >= 11 is 0. The summed E-state index contributed by atoms with van der Waals surface area (Å²) in [6, 6.07) is 2.62. The lowest BCUT2D eigenvalue weighted by molar-refractivity contribution is -0.118. The molecule has 1 aromatic rings. The van der Waals surface area contributed by atoms with Gasteiger partial charge in [-0.05, 0) is 51.0 Å². The van der Waals surface area contributed by atoms with Crippen LogP contribution in [0.2, 0.25) is 18.1 Å². The Kier molecular flexibility index (Phi) is 7.02. The number of aldehydes is 1. The van der Waals surface area contributed by atoms with Crippen LogP contribution < -0.4 is 9.80 Å². The lowest BCUT2D eigenvalue weighted by atomic mass is 10.0. The highest BCUT2D eigenvalue weighted by Crippen LogP contribution is 2.41. The van der Waals surface area contributed by atoms with E-state index in [2.05, 4.69) is 20.8 Å². The van der Waals surface area contributed by atoms with E-state index in [1.54, 1.807) is 20.8 Å². The van der Waals surface area contributed by atoms with Crippen molar-refractivity contribution in [1.29, 1.82) is 0 Å². The molecule has 1 aromatic carbocycles. The molecule has 0 fully saturated rings. The fraction of sp³-hybridized carbons (Fsp3) is 0.591. The number of hydrogen-bond acceptors (Lipinski definition) is 5. The van der Waals surface area contributed by atoms with Crippen LogP contribution in [0.3, 0.4) is 0 Å². The Bertz CT molecular complexity index is 874. The van der Waals surface area contributed by atoms with Crippen molar-refractivity contribution in [3.63, 3.8) is 0 Å². The van der Waals surface area contributed by atoms with E-state index in [1.807, 2.05) is 13.1 Å². The van der Waals surface area contributed by atoms with Gasteiger partial charge in [-0.25, -0.2) is 9.18 Å². The Hall–Kier alpha value is -2.26. The number of carbonyl (C=O) groups excluding carboxylic acids is 3. The zero-order chi connectivity index (χ0) is 23.8. The molecule has 0 N–H and O–H groups in total. The van der Waals surface area contributed by atoms with Gasteiger partial charge in [0.2, 0.25) is 5.91 Å². The van der Waals surface area contributed by atoms with Gasteiger partial charge in [-0.3, -0.25) is 14.6 Å². The number of benzene rings is 1. The van der Waals surface area contributed by atoms with Gasteiger partial charge in [0, 0.05) is 12.0 Å². The number of halogens is 1. The average Bonchev–Trinajstić information content (AvgIpc) is 2.60. The second-order valence-corrected chi connectivity index (χ2v) is 15.0. The molecule has 0 saturated carbocycles. The van der Waals surface area contributed by atoms with Crippen LogP contribution in [-0.4, -0.2) is 45.5 Å². The second kappa shape index (κ2) is 8.70. The second-order valence-electron chi connectivity index (χ2n) is 10.2. The SMILES string of the molecule is CC(C)(C)OC(=O)N1CC(=O)N(CO[Si](C)(C)C(C)(C)C)c2c1ccc(F)c2CC=O. The number of rotatable bonds is 5. The monoisotopic (exact) mass is 452 g/mol. The van der Waals surface area contributed by atoms with Gasteiger partial charge in [0.1, 0.15) is 31.0 Å². The first-order chi connectivity index (χ1) is 14.1. The standard InChI is InChI=1S/C22H33FN2O5Si/c1-21(2,3)30-20(28)24-13-18(27)25(14-29-31(7,8)22(4,5)6)19-15(11-12-26)16(23)9-10-17(19)24/h9-10,12H,11,13-14H2,1-8H3. The van der Waals surface area contributed by atoms with Crippen LogP contribution in [0.5, 0.6) is 0 Å². The first-order valence-electron chi connectivity index (χ1n) is 10.3. The summed E-state index contributed by atoms with van der Waals surface area (Å²) in [5.74, 6) is -1.06. The Labute approximate surface area is 184 Å². The number of fused-ring (bicyclic) bond motifs is 1. The third-order valence-electron chi connectivity index (χ3n) is 5.62. The first kappa shape index (κ1) is 25.0. The minimum atomic E-state index is -2.22. The van der Waals surface area contributed by atoms with Crippen LogP contribution >= 0.6 is 0 Å². The number of ether oxygens (including phenoxy) is 1. The highest BCUT2D eigenvalue weighted by molar-refractivity contribution is 6.74. The molecule has 0 aliphatic carbocycles. The van der Waals surface area contributed by atoms with E-state index in [9.17, 15) is 18.8 Å². The zero-order valence-electron chi connectivity index (χ0n) is 19.7. The highest BCUT2D eigenvalue weighted by atomic mass is 28.4. The van der Waals surface area contributed by atoms with Gasteiger partial charge in [-0.1, -0.05) is 20.8 Å². The summed E-state index contributed by atoms with van der Waals surface area (Å²) in [6.07, 6.45) is -0.375. The summed E-state index contributed by atoms with van der Waals surface area (Å²) in [5, 5.41) is -0.0925. The third kappa shape index (κ3) is 5.51. The number of anilines is 2. The van der Waals surface area contributed by atoms with Crippen molar-refractivity contribution < 1.29 is 27.9 Å². The molecule has 7 nitrogen and oxygen atoms in total. The van der Waals surface area contributed by atoms with Crippen molar-refractivity contribution in [2.24, 2.45) is 0 Å². The van der Waals surface area contributed by atoms with E-state index in [0.29, 0.717) is 12.0 Å². The van der Waals surface area contributed by atoms with Crippen LogP contribution in [-0.2, 0) is 25.2 Å². The minimum absolute atomic E-state index is 0.0490. The molecule has 0 unspecified atom stereocenters. The number of nitrogens with zero attached hydrogens (tertiary/aromatic N) is 2. The Morgan fingerprint density at radius 1 is 1.19 bits per heavy atom. The Morgan fingerprint density at radius 3 is 2.32 bits per heavy atom. The van der Waals surface area contributed by atoms with E-state index in [0.717, 1.165) is 0 Å². The van der Waals surface area contributed by atoms with Crippen molar-refractivity contribution in [1.82, 2.24) is 0 Å². The minimum Gasteiger partial charge on any atom is -0.443 e. The zero-order valence-corrected chi connectivity index (χ0v) is 20.7. The summed E-state index contributed by atoms with van der Waals surface area (Å²) in [6.45, 7) is 15.1. The topological polar surface area (TPSA) is 76.2 Å². The smallest absolute Gasteiger partial charge is 0.415 e. The molecular formula is C22H33FN2O5Si. The summed E-state index contributed by atoms with van der Waals surface area (Å²) < 4.78 is 26.3. The molecular weight excluding hydrogens is 419 g/mol. The van der Waals surface area contributed by atoms with Crippen molar-refractivity contribution >= 4 is 38.0 Å². The largest absolute Gasteiger partial charge is 0.443 e. The van der Waals surface area contributed by atoms with Crippen LogP contribution in [0, 0.1) is 5.82 Å². The summed E-state index contributed by atoms with van der Waals surface area (Å²) in [5.41, 5.74) is -0.235. The lowest BCUT2D eigenvalue weighted by Gasteiger charge is -2.41. The molecule has 0 radical (unpaired) electrons. The Morgan fingerprint density at radius 2 is 1.81 bits per heavy atom. The molecule has 2 amide bonds. The van der Waals surface area contributed by atoms with E-state index >= 15 is 0 Å². The van der Waals surface area contributed by atoms with Gasteiger partial charge in [0.15, 0.2) is 8.32 Å². The van der Waals surface area contributed by atoms with Crippen LogP contribution in [0.1, 0.15) is 47.1 Å². The van der Waals surface area contributed by atoms with Crippen LogP contribution in [0.25, 0.3) is 0 Å².